The van der Waals surface area contributed by atoms with Gasteiger partial charge in [-0.2, -0.15) is 0 Å². The second-order valence-corrected chi connectivity index (χ2v) is 5.68. The van der Waals surface area contributed by atoms with Crippen molar-refractivity contribution in [1.82, 2.24) is 9.80 Å². The molecular weight excluding hydrogens is 265 g/mol. The SMILES string of the molecule is CC1CN(C)CCN1C(CN)c1ccc(Cl)c(F)c1. The van der Waals surface area contributed by atoms with Gasteiger partial charge in [-0.05, 0) is 31.7 Å². The largest absolute Gasteiger partial charge is 0.329 e. The summed E-state index contributed by atoms with van der Waals surface area (Å²) in [5, 5.41) is 0.158. The fourth-order valence-electron chi connectivity index (χ4n) is 2.80. The quantitative estimate of drug-likeness (QED) is 0.923. The summed E-state index contributed by atoms with van der Waals surface area (Å²) < 4.78 is 13.6. The number of piperazine rings is 1. The van der Waals surface area contributed by atoms with Crippen molar-refractivity contribution in [3.63, 3.8) is 0 Å². The second-order valence-electron chi connectivity index (χ2n) is 5.27. The van der Waals surface area contributed by atoms with Crippen LogP contribution in [0.5, 0.6) is 0 Å². The van der Waals surface area contributed by atoms with E-state index in [9.17, 15) is 4.39 Å². The van der Waals surface area contributed by atoms with Gasteiger partial charge in [-0.15, -0.1) is 0 Å². The number of likely N-dealkylation sites (N-methyl/N-ethyl adjacent to an activating group) is 1. The predicted molar refractivity (Wildman–Crippen MR) is 76.9 cm³/mol. The highest BCUT2D eigenvalue weighted by atomic mass is 35.5. The van der Waals surface area contributed by atoms with E-state index in [0.29, 0.717) is 12.6 Å². The molecule has 0 aliphatic carbocycles. The van der Waals surface area contributed by atoms with E-state index in [1.807, 2.05) is 6.07 Å². The molecule has 2 atom stereocenters. The molecule has 1 aromatic rings. The third-order valence-corrected chi connectivity index (χ3v) is 4.14. The molecule has 0 amide bonds. The maximum atomic E-state index is 13.6. The Morgan fingerprint density at radius 2 is 2.21 bits per heavy atom. The van der Waals surface area contributed by atoms with Crippen LogP contribution >= 0.6 is 11.6 Å². The molecule has 2 rings (SSSR count). The summed E-state index contributed by atoms with van der Waals surface area (Å²) >= 11 is 5.74. The van der Waals surface area contributed by atoms with Gasteiger partial charge in [0.1, 0.15) is 5.82 Å². The van der Waals surface area contributed by atoms with Crippen LogP contribution in [0.2, 0.25) is 5.02 Å². The molecule has 0 spiro atoms. The molecule has 2 N–H and O–H groups in total. The Labute approximate surface area is 119 Å². The van der Waals surface area contributed by atoms with E-state index < -0.39 is 0 Å². The molecule has 19 heavy (non-hydrogen) atoms. The van der Waals surface area contributed by atoms with Crippen LogP contribution in [0.1, 0.15) is 18.5 Å². The lowest BCUT2D eigenvalue weighted by Crippen LogP contribution is -2.52. The summed E-state index contributed by atoms with van der Waals surface area (Å²) in [5.41, 5.74) is 6.81. The Kier molecular flexibility index (Phi) is 4.79. The van der Waals surface area contributed by atoms with Gasteiger partial charge >= 0.3 is 0 Å². The van der Waals surface area contributed by atoms with E-state index in [2.05, 4.69) is 23.8 Å². The molecule has 1 aromatic carbocycles. The zero-order valence-corrected chi connectivity index (χ0v) is 12.2. The van der Waals surface area contributed by atoms with Gasteiger partial charge in [-0.25, -0.2) is 4.39 Å². The van der Waals surface area contributed by atoms with Crippen molar-refractivity contribution in [2.75, 3.05) is 33.2 Å². The molecular formula is C14H21ClFN3. The van der Waals surface area contributed by atoms with Crippen molar-refractivity contribution in [2.45, 2.75) is 19.0 Å². The first-order chi connectivity index (χ1) is 9.02. The zero-order valence-electron chi connectivity index (χ0n) is 11.4. The Morgan fingerprint density at radius 3 is 2.79 bits per heavy atom. The number of nitrogens with zero attached hydrogens (tertiary/aromatic N) is 2. The summed E-state index contributed by atoms with van der Waals surface area (Å²) in [5.74, 6) is -0.376. The standard InChI is InChI=1S/C14H21ClFN3/c1-10-9-18(2)5-6-19(10)14(8-17)11-3-4-12(15)13(16)7-11/h3-4,7,10,14H,5-6,8-9,17H2,1-2H3. The van der Waals surface area contributed by atoms with E-state index in [1.54, 1.807) is 6.07 Å². The maximum absolute atomic E-state index is 13.6. The van der Waals surface area contributed by atoms with Crippen LogP contribution in [0.15, 0.2) is 18.2 Å². The van der Waals surface area contributed by atoms with E-state index in [-0.39, 0.29) is 16.9 Å². The molecule has 1 aliphatic heterocycles. The van der Waals surface area contributed by atoms with Gasteiger partial charge < -0.3 is 10.6 Å². The lowest BCUT2D eigenvalue weighted by molar-refractivity contribution is 0.0634. The van der Waals surface area contributed by atoms with Crippen LogP contribution in [-0.2, 0) is 0 Å². The van der Waals surface area contributed by atoms with E-state index in [0.717, 1.165) is 25.2 Å². The third kappa shape index (κ3) is 3.26. The summed E-state index contributed by atoms with van der Waals surface area (Å²) in [6, 6.07) is 5.44. The molecule has 3 nitrogen and oxygen atoms in total. The maximum Gasteiger partial charge on any atom is 0.142 e. The molecule has 0 saturated carbocycles. The minimum atomic E-state index is -0.376. The average molecular weight is 286 g/mol. The zero-order chi connectivity index (χ0) is 14.0. The van der Waals surface area contributed by atoms with E-state index in [1.165, 1.54) is 6.07 Å². The second kappa shape index (κ2) is 6.18. The van der Waals surface area contributed by atoms with Crippen LogP contribution in [0.25, 0.3) is 0 Å². The molecule has 0 radical (unpaired) electrons. The highest BCUT2D eigenvalue weighted by Crippen LogP contribution is 2.27. The minimum Gasteiger partial charge on any atom is -0.329 e. The number of hydrogen-bond acceptors (Lipinski definition) is 3. The van der Waals surface area contributed by atoms with Crippen LogP contribution in [-0.4, -0.2) is 49.1 Å². The Hall–Kier alpha value is -0.680. The number of halogens is 2. The normalized spacial score (nSPS) is 23.5. The summed E-state index contributed by atoms with van der Waals surface area (Å²) in [7, 11) is 2.12. The van der Waals surface area contributed by atoms with Crippen molar-refractivity contribution in [1.29, 1.82) is 0 Å². The summed E-state index contributed by atoms with van der Waals surface area (Å²) in [6.07, 6.45) is 0. The molecule has 1 saturated heterocycles. The molecule has 1 heterocycles. The molecule has 0 bridgehead atoms. The van der Waals surface area contributed by atoms with Gasteiger partial charge in [0.25, 0.3) is 0 Å². The Bertz CT molecular complexity index is 441. The number of rotatable bonds is 3. The van der Waals surface area contributed by atoms with Crippen LogP contribution in [0, 0.1) is 5.82 Å². The number of benzene rings is 1. The molecule has 2 unspecified atom stereocenters. The van der Waals surface area contributed by atoms with Gasteiger partial charge in [0.2, 0.25) is 0 Å². The van der Waals surface area contributed by atoms with Crippen molar-refractivity contribution < 1.29 is 4.39 Å². The fraction of sp³-hybridized carbons (Fsp3) is 0.571. The number of hydrogen-bond donors (Lipinski definition) is 1. The van der Waals surface area contributed by atoms with Gasteiger partial charge in [0, 0.05) is 38.3 Å². The summed E-state index contributed by atoms with van der Waals surface area (Å²) in [6.45, 7) is 5.63. The van der Waals surface area contributed by atoms with Crippen LogP contribution in [0.3, 0.4) is 0 Å². The van der Waals surface area contributed by atoms with E-state index >= 15 is 0 Å². The first-order valence-electron chi connectivity index (χ1n) is 6.62. The summed E-state index contributed by atoms with van der Waals surface area (Å²) in [4.78, 5) is 4.65. The van der Waals surface area contributed by atoms with Gasteiger partial charge in [-0.1, -0.05) is 17.7 Å². The first-order valence-corrected chi connectivity index (χ1v) is 7.00. The monoisotopic (exact) mass is 285 g/mol. The molecule has 106 valence electrons. The lowest BCUT2D eigenvalue weighted by atomic mass is 10.0. The minimum absolute atomic E-state index is 0.0514. The highest BCUT2D eigenvalue weighted by molar-refractivity contribution is 6.30. The number of nitrogens with two attached hydrogens (primary N) is 1. The van der Waals surface area contributed by atoms with Gasteiger partial charge in [-0.3, -0.25) is 4.90 Å². The smallest absolute Gasteiger partial charge is 0.142 e. The molecule has 1 aliphatic rings. The van der Waals surface area contributed by atoms with Crippen molar-refractivity contribution in [3.05, 3.63) is 34.6 Å². The van der Waals surface area contributed by atoms with Gasteiger partial charge in [0.05, 0.1) is 5.02 Å². The lowest BCUT2D eigenvalue weighted by Gasteiger charge is -2.42. The first kappa shape index (κ1) is 14.7. The average Bonchev–Trinajstić information content (AvgIpc) is 2.37. The Balaban J connectivity index is 2.21. The fourth-order valence-corrected chi connectivity index (χ4v) is 2.92. The molecule has 1 fully saturated rings. The highest BCUT2D eigenvalue weighted by Gasteiger charge is 2.28. The van der Waals surface area contributed by atoms with Crippen molar-refractivity contribution in [2.24, 2.45) is 5.73 Å². The molecule has 0 aromatic heterocycles. The van der Waals surface area contributed by atoms with Crippen molar-refractivity contribution >= 4 is 11.6 Å². The van der Waals surface area contributed by atoms with Crippen LogP contribution < -0.4 is 5.73 Å². The molecule has 5 heteroatoms. The Morgan fingerprint density at radius 1 is 1.47 bits per heavy atom. The topological polar surface area (TPSA) is 32.5 Å². The van der Waals surface area contributed by atoms with Crippen molar-refractivity contribution in [3.8, 4) is 0 Å². The van der Waals surface area contributed by atoms with E-state index in [4.69, 9.17) is 17.3 Å². The third-order valence-electron chi connectivity index (χ3n) is 3.83. The predicted octanol–water partition coefficient (Wildman–Crippen LogP) is 2.11. The van der Waals surface area contributed by atoms with Gasteiger partial charge in [0.15, 0.2) is 0 Å². The van der Waals surface area contributed by atoms with Crippen LogP contribution in [0.4, 0.5) is 4.39 Å².